The van der Waals surface area contributed by atoms with E-state index in [-0.39, 0.29) is 11.7 Å². The second-order valence-corrected chi connectivity index (χ2v) is 5.89. The van der Waals surface area contributed by atoms with Crippen molar-refractivity contribution in [1.82, 2.24) is 0 Å². The minimum Gasteiger partial charge on any atom is -0.462 e. The molecule has 110 valence electrons. The Morgan fingerprint density at radius 2 is 1.60 bits per heavy atom. The lowest BCUT2D eigenvalue weighted by Gasteiger charge is -2.11. The summed E-state index contributed by atoms with van der Waals surface area (Å²) < 4.78 is 5.21. The standard InChI is InChI=1S/C17H24O3/c1-12(2)9-10-16(18)14-7-5-6-8-15(14)17(19)20-11-13(3)4/h5-8,12-13H,9-11H2,1-4H3. The highest BCUT2D eigenvalue weighted by molar-refractivity contribution is 6.06. The Labute approximate surface area is 121 Å². The number of carbonyl (C=O) groups is 2. The fraction of sp³-hybridized carbons (Fsp3) is 0.529. The molecule has 1 aromatic carbocycles. The van der Waals surface area contributed by atoms with Crippen molar-refractivity contribution in [2.24, 2.45) is 11.8 Å². The van der Waals surface area contributed by atoms with E-state index in [2.05, 4.69) is 13.8 Å². The van der Waals surface area contributed by atoms with E-state index in [0.717, 1.165) is 6.42 Å². The van der Waals surface area contributed by atoms with Crippen LogP contribution in [0.1, 0.15) is 61.3 Å². The summed E-state index contributed by atoms with van der Waals surface area (Å²) in [5.74, 6) is 0.352. The summed E-state index contributed by atoms with van der Waals surface area (Å²) >= 11 is 0. The van der Waals surface area contributed by atoms with E-state index in [1.54, 1.807) is 24.3 Å². The summed E-state index contributed by atoms with van der Waals surface area (Å²) in [6, 6.07) is 6.90. The lowest BCUT2D eigenvalue weighted by atomic mass is 9.97. The Morgan fingerprint density at radius 3 is 2.15 bits per heavy atom. The number of rotatable bonds is 7. The van der Waals surface area contributed by atoms with Crippen LogP contribution in [0.25, 0.3) is 0 Å². The molecule has 0 spiro atoms. The molecule has 3 heteroatoms. The van der Waals surface area contributed by atoms with Crippen LogP contribution in [-0.4, -0.2) is 18.4 Å². The molecule has 0 fully saturated rings. The van der Waals surface area contributed by atoms with Crippen LogP contribution in [0.3, 0.4) is 0 Å². The zero-order chi connectivity index (χ0) is 15.1. The lowest BCUT2D eigenvalue weighted by molar-refractivity contribution is 0.0456. The number of esters is 1. The van der Waals surface area contributed by atoms with Crippen LogP contribution in [0.5, 0.6) is 0 Å². The maximum absolute atomic E-state index is 12.2. The van der Waals surface area contributed by atoms with E-state index in [1.807, 2.05) is 13.8 Å². The molecule has 0 aliphatic heterocycles. The molecule has 0 N–H and O–H groups in total. The van der Waals surface area contributed by atoms with E-state index in [9.17, 15) is 9.59 Å². The SMILES string of the molecule is CC(C)CCC(=O)c1ccccc1C(=O)OCC(C)C. The van der Waals surface area contributed by atoms with E-state index >= 15 is 0 Å². The highest BCUT2D eigenvalue weighted by Gasteiger charge is 2.18. The van der Waals surface area contributed by atoms with Gasteiger partial charge >= 0.3 is 5.97 Å². The van der Waals surface area contributed by atoms with E-state index in [0.29, 0.717) is 30.1 Å². The molecule has 0 amide bonds. The summed E-state index contributed by atoms with van der Waals surface area (Å²) in [5.41, 5.74) is 0.851. The Bertz CT molecular complexity index is 418. The molecule has 0 saturated carbocycles. The largest absolute Gasteiger partial charge is 0.462 e. The molecule has 0 aromatic heterocycles. The zero-order valence-electron chi connectivity index (χ0n) is 12.8. The summed E-state index contributed by atoms with van der Waals surface area (Å²) in [7, 11) is 0. The van der Waals surface area contributed by atoms with Gasteiger partial charge in [-0.3, -0.25) is 4.79 Å². The van der Waals surface area contributed by atoms with Crippen LogP contribution in [0.15, 0.2) is 24.3 Å². The van der Waals surface area contributed by atoms with E-state index in [1.165, 1.54) is 0 Å². The first-order chi connectivity index (χ1) is 9.41. The Hall–Kier alpha value is -1.64. The van der Waals surface area contributed by atoms with Gasteiger partial charge in [-0.1, -0.05) is 45.9 Å². The van der Waals surface area contributed by atoms with Gasteiger partial charge in [0.15, 0.2) is 5.78 Å². The van der Waals surface area contributed by atoms with Crippen molar-refractivity contribution >= 4 is 11.8 Å². The molecule has 0 heterocycles. The van der Waals surface area contributed by atoms with Crippen molar-refractivity contribution in [3.63, 3.8) is 0 Å². The summed E-state index contributed by atoms with van der Waals surface area (Å²) in [6.07, 6.45) is 1.29. The number of Topliss-reactive ketones (excluding diaryl/α,β-unsaturated/α-hetero) is 1. The van der Waals surface area contributed by atoms with Gasteiger partial charge in [0.25, 0.3) is 0 Å². The van der Waals surface area contributed by atoms with Gasteiger partial charge in [-0.15, -0.1) is 0 Å². The molecule has 0 aliphatic rings. The van der Waals surface area contributed by atoms with Crippen LogP contribution in [0.4, 0.5) is 0 Å². The average Bonchev–Trinajstić information content (AvgIpc) is 2.42. The topological polar surface area (TPSA) is 43.4 Å². The summed E-state index contributed by atoms with van der Waals surface area (Å²) in [5, 5.41) is 0. The number of hydrogen-bond donors (Lipinski definition) is 0. The predicted molar refractivity (Wildman–Crippen MR) is 80.0 cm³/mol. The Balaban J connectivity index is 2.82. The number of benzene rings is 1. The van der Waals surface area contributed by atoms with Gasteiger partial charge in [0.2, 0.25) is 0 Å². The van der Waals surface area contributed by atoms with Crippen molar-refractivity contribution in [1.29, 1.82) is 0 Å². The lowest BCUT2D eigenvalue weighted by Crippen LogP contribution is -2.14. The molecule has 3 nitrogen and oxygen atoms in total. The van der Waals surface area contributed by atoms with Gasteiger partial charge in [0.1, 0.15) is 0 Å². The normalized spacial score (nSPS) is 10.9. The number of ketones is 1. The molecule has 0 bridgehead atoms. The minimum atomic E-state index is -0.410. The summed E-state index contributed by atoms with van der Waals surface area (Å²) in [4.78, 5) is 24.2. The number of ether oxygens (including phenoxy) is 1. The Morgan fingerprint density at radius 1 is 1.00 bits per heavy atom. The second-order valence-electron chi connectivity index (χ2n) is 5.89. The molecule has 0 saturated heterocycles. The molecule has 1 rings (SSSR count). The van der Waals surface area contributed by atoms with Crippen molar-refractivity contribution in [3.8, 4) is 0 Å². The highest BCUT2D eigenvalue weighted by atomic mass is 16.5. The molecule has 0 aliphatic carbocycles. The van der Waals surface area contributed by atoms with Crippen molar-refractivity contribution in [2.45, 2.75) is 40.5 Å². The third kappa shape index (κ3) is 5.16. The van der Waals surface area contributed by atoms with Crippen LogP contribution in [0, 0.1) is 11.8 Å². The van der Waals surface area contributed by atoms with E-state index < -0.39 is 5.97 Å². The Kier molecular flexibility index (Phi) is 6.43. The number of carbonyl (C=O) groups excluding carboxylic acids is 2. The highest BCUT2D eigenvalue weighted by Crippen LogP contribution is 2.16. The zero-order valence-corrected chi connectivity index (χ0v) is 12.8. The third-order valence-electron chi connectivity index (χ3n) is 2.94. The van der Waals surface area contributed by atoms with Crippen molar-refractivity contribution < 1.29 is 14.3 Å². The van der Waals surface area contributed by atoms with Crippen LogP contribution in [0.2, 0.25) is 0 Å². The van der Waals surface area contributed by atoms with Crippen molar-refractivity contribution in [3.05, 3.63) is 35.4 Å². The van der Waals surface area contributed by atoms with Gasteiger partial charge < -0.3 is 4.74 Å². The minimum absolute atomic E-state index is 0.01000. The fourth-order valence-corrected chi connectivity index (χ4v) is 1.78. The maximum atomic E-state index is 12.2. The second kappa shape index (κ2) is 7.83. The van der Waals surface area contributed by atoms with Gasteiger partial charge in [0.05, 0.1) is 12.2 Å². The molecule has 1 aromatic rings. The first-order valence-corrected chi connectivity index (χ1v) is 7.21. The smallest absolute Gasteiger partial charge is 0.338 e. The molecular weight excluding hydrogens is 252 g/mol. The summed E-state index contributed by atoms with van der Waals surface area (Å²) in [6.45, 7) is 8.49. The quantitative estimate of drug-likeness (QED) is 0.556. The van der Waals surface area contributed by atoms with Gasteiger partial charge in [-0.25, -0.2) is 4.79 Å². The predicted octanol–water partition coefficient (Wildman–Crippen LogP) is 4.12. The maximum Gasteiger partial charge on any atom is 0.338 e. The van der Waals surface area contributed by atoms with Crippen LogP contribution in [-0.2, 0) is 4.74 Å². The van der Waals surface area contributed by atoms with E-state index in [4.69, 9.17) is 4.74 Å². The molecular formula is C17H24O3. The monoisotopic (exact) mass is 276 g/mol. The third-order valence-corrected chi connectivity index (χ3v) is 2.94. The van der Waals surface area contributed by atoms with Gasteiger partial charge in [-0.05, 0) is 24.3 Å². The first-order valence-electron chi connectivity index (χ1n) is 7.21. The molecule has 0 atom stereocenters. The molecule has 0 radical (unpaired) electrons. The molecule has 0 unspecified atom stereocenters. The average molecular weight is 276 g/mol. The molecule has 20 heavy (non-hydrogen) atoms. The van der Waals surface area contributed by atoms with Crippen LogP contribution >= 0.6 is 0 Å². The van der Waals surface area contributed by atoms with Gasteiger partial charge in [0, 0.05) is 12.0 Å². The first kappa shape index (κ1) is 16.4. The fourth-order valence-electron chi connectivity index (χ4n) is 1.78. The van der Waals surface area contributed by atoms with Crippen LogP contribution < -0.4 is 0 Å². The number of hydrogen-bond acceptors (Lipinski definition) is 3. The van der Waals surface area contributed by atoms with Crippen molar-refractivity contribution in [2.75, 3.05) is 6.61 Å². The van der Waals surface area contributed by atoms with Gasteiger partial charge in [-0.2, -0.15) is 0 Å².